The molecule has 0 fully saturated rings. The summed E-state index contributed by atoms with van der Waals surface area (Å²) in [5, 5.41) is 4.16. The van der Waals surface area contributed by atoms with E-state index in [0.29, 0.717) is 5.56 Å². The molecule has 3 heteroatoms. The van der Waals surface area contributed by atoms with Gasteiger partial charge in [-0.15, -0.1) is 0 Å². The summed E-state index contributed by atoms with van der Waals surface area (Å²) in [5.74, 6) is 1.43. The Bertz CT molecular complexity index is 1220. The molecule has 0 aliphatic heterocycles. The fourth-order valence-electron chi connectivity index (χ4n) is 3.69. The summed E-state index contributed by atoms with van der Waals surface area (Å²) >= 11 is 0. The van der Waals surface area contributed by atoms with Crippen molar-refractivity contribution in [2.75, 3.05) is 14.2 Å². The summed E-state index contributed by atoms with van der Waals surface area (Å²) in [7, 11) is 3.34. The van der Waals surface area contributed by atoms with Crippen LogP contribution in [0.3, 0.4) is 0 Å². The van der Waals surface area contributed by atoms with E-state index in [9.17, 15) is 4.79 Å². The smallest absolute Gasteiger partial charge is 0.185 e. The van der Waals surface area contributed by atoms with E-state index in [-0.39, 0.29) is 5.78 Å². The number of methoxy groups -OCH3 is 2. The van der Waals surface area contributed by atoms with Gasteiger partial charge in [-0.1, -0.05) is 55.1 Å². The van der Waals surface area contributed by atoms with Crippen LogP contribution < -0.4 is 9.47 Å². The van der Waals surface area contributed by atoms with Gasteiger partial charge in [-0.2, -0.15) is 0 Å². The Morgan fingerprint density at radius 3 is 2.04 bits per heavy atom. The molecule has 0 heterocycles. The molecule has 4 aromatic carbocycles. The van der Waals surface area contributed by atoms with Crippen molar-refractivity contribution in [3.63, 3.8) is 0 Å². The van der Waals surface area contributed by atoms with Crippen molar-refractivity contribution in [2.45, 2.75) is 0 Å². The fourth-order valence-corrected chi connectivity index (χ4v) is 3.69. The molecule has 0 aliphatic rings. The second-order valence-electron chi connectivity index (χ2n) is 6.51. The second-order valence-corrected chi connectivity index (χ2v) is 6.51. The largest absolute Gasteiger partial charge is 0.496 e. The molecule has 0 amide bonds. The molecular formula is C25H20O3. The first-order valence-electron chi connectivity index (χ1n) is 9.01. The predicted molar refractivity (Wildman–Crippen MR) is 115 cm³/mol. The third-order valence-electron chi connectivity index (χ3n) is 5.03. The summed E-state index contributed by atoms with van der Waals surface area (Å²) in [6.45, 7) is 3.58. The van der Waals surface area contributed by atoms with Crippen molar-refractivity contribution < 1.29 is 14.3 Å². The Morgan fingerprint density at radius 2 is 1.39 bits per heavy atom. The summed E-state index contributed by atoms with van der Waals surface area (Å²) in [6.07, 6.45) is 1.33. The Labute approximate surface area is 163 Å². The molecule has 0 atom stereocenters. The lowest BCUT2D eigenvalue weighted by molar-refractivity contribution is 0.104. The van der Waals surface area contributed by atoms with Crippen molar-refractivity contribution in [1.29, 1.82) is 0 Å². The van der Waals surface area contributed by atoms with Gasteiger partial charge in [0.05, 0.1) is 14.2 Å². The van der Waals surface area contributed by atoms with Crippen LogP contribution in [0, 0.1) is 0 Å². The molecule has 0 spiro atoms. The maximum absolute atomic E-state index is 12.0. The van der Waals surface area contributed by atoms with E-state index in [1.807, 2.05) is 48.5 Å². The van der Waals surface area contributed by atoms with Gasteiger partial charge in [-0.3, -0.25) is 4.79 Å². The molecule has 0 radical (unpaired) electrons. The number of rotatable bonds is 5. The van der Waals surface area contributed by atoms with E-state index < -0.39 is 0 Å². The molecule has 0 bridgehead atoms. The van der Waals surface area contributed by atoms with E-state index in [1.165, 1.54) is 6.08 Å². The van der Waals surface area contributed by atoms with Crippen LogP contribution >= 0.6 is 0 Å². The number of hydrogen-bond acceptors (Lipinski definition) is 3. The first-order chi connectivity index (χ1) is 13.7. The van der Waals surface area contributed by atoms with Gasteiger partial charge in [-0.25, -0.2) is 0 Å². The van der Waals surface area contributed by atoms with Crippen LogP contribution in [0.5, 0.6) is 11.5 Å². The maximum Gasteiger partial charge on any atom is 0.185 e. The molecule has 0 unspecified atom stereocenters. The molecule has 138 valence electrons. The van der Waals surface area contributed by atoms with Crippen molar-refractivity contribution >= 4 is 27.3 Å². The van der Waals surface area contributed by atoms with E-state index in [1.54, 1.807) is 14.2 Å². The van der Waals surface area contributed by atoms with Gasteiger partial charge in [-0.05, 0) is 45.8 Å². The molecule has 0 aliphatic carbocycles. The predicted octanol–water partition coefficient (Wildman–Crippen LogP) is 6.05. The lowest BCUT2D eigenvalue weighted by Crippen LogP contribution is -1.96. The van der Waals surface area contributed by atoms with E-state index >= 15 is 0 Å². The lowest BCUT2D eigenvalue weighted by atomic mass is 9.91. The lowest BCUT2D eigenvalue weighted by Gasteiger charge is -2.18. The fraction of sp³-hybridized carbons (Fsp3) is 0.0800. The third kappa shape index (κ3) is 2.81. The molecule has 0 aromatic heterocycles. The Hall–Kier alpha value is -3.59. The molecule has 4 aromatic rings. The number of carbonyl (C=O) groups excluding carboxylic acids is 1. The van der Waals surface area contributed by atoms with Gasteiger partial charge in [0.2, 0.25) is 0 Å². The quantitative estimate of drug-likeness (QED) is 0.318. The highest BCUT2D eigenvalue weighted by molar-refractivity contribution is 6.12. The van der Waals surface area contributed by atoms with Crippen molar-refractivity contribution in [3.05, 3.63) is 84.9 Å². The molecule has 0 saturated carbocycles. The zero-order chi connectivity index (χ0) is 19.7. The minimum atomic E-state index is -0.0954. The van der Waals surface area contributed by atoms with Crippen molar-refractivity contribution in [1.82, 2.24) is 0 Å². The van der Waals surface area contributed by atoms with Gasteiger partial charge in [0.15, 0.2) is 5.78 Å². The Balaban J connectivity index is 2.12. The van der Waals surface area contributed by atoms with Gasteiger partial charge in [0, 0.05) is 16.7 Å². The van der Waals surface area contributed by atoms with Crippen LogP contribution in [0.1, 0.15) is 10.4 Å². The van der Waals surface area contributed by atoms with Gasteiger partial charge in [0.1, 0.15) is 11.5 Å². The second kappa shape index (κ2) is 7.20. The van der Waals surface area contributed by atoms with Crippen LogP contribution in [-0.4, -0.2) is 20.0 Å². The van der Waals surface area contributed by atoms with Crippen molar-refractivity contribution in [3.8, 4) is 22.6 Å². The Kier molecular flexibility index (Phi) is 4.58. The van der Waals surface area contributed by atoms with Crippen LogP contribution in [0.25, 0.3) is 32.7 Å². The molecule has 4 rings (SSSR count). The highest BCUT2D eigenvalue weighted by Gasteiger charge is 2.18. The first kappa shape index (κ1) is 17.8. The Morgan fingerprint density at radius 1 is 0.786 bits per heavy atom. The van der Waals surface area contributed by atoms with Crippen LogP contribution in [0.15, 0.2) is 79.4 Å². The molecule has 0 saturated heterocycles. The maximum atomic E-state index is 12.0. The van der Waals surface area contributed by atoms with Crippen LogP contribution in [0.4, 0.5) is 0 Å². The van der Waals surface area contributed by atoms with Gasteiger partial charge in [0.25, 0.3) is 0 Å². The minimum absolute atomic E-state index is 0.0954. The standard InChI is InChI=1S/C25H20O3/c1-4-21(26)18-9-12-20-17(15-18)11-14-23(28-3)25(20)24-19-8-6-5-7-16(19)10-13-22(24)27-2/h4-15H,1H2,2-3H3. The van der Waals surface area contributed by atoms with Crippen LogP contribution in [-0.2, 0) is 0 Å². The average Bonchev–Trinajstić information content (AvgIpc) is 2.76. The van der Waals surface area contributed by atoms with E-state index in [4.69, 9.17) is 9.47 Å². The summed E-state index contributed by atoms with van der Waals surface area (Å²) in [4.78, 5) is 12.0. The number of allylic oxidation sites excluding steroid dienone is 1. The van der Waals surface area contributed by atoms with Crippen molar-refractivity contribution in [2.24, 2.45) is 0 Å². The third-order valence-corrected chi connectivity index (χ3v) is 5.03. The molecular weight excluding hydrogens is 348 g/mol. The van der Waals surface area contributed by atoms with Gasteiger partial charge < -0.3 is 9.47 Å². The van der Waals surface area contributed by atoms with Crippen LogP contribution in [0.2, 0.25) is 0 Å². The van der Waals surface area contributed by atoms with Gasteiger partial charge >= 0.3 is 0 Å². The zero-order valence-electron chi connectivity index (χ0n) is 15.9. The zero-order valence-corrected chi connectivity index (χ0v) is 15.9. The normalized spacial score (nSPS) is 10.8. The molecule has 3 nitrogen and oxygen atoms in total. The average molecular weight is 368 g/mol. The van der Waals surface area contributed by atoms with E-state index in [0.717, 1.165) is 44.2 Å². The minimum Gasteiger partial charge on any atom is -0.496 e. The SMILES string of the molecule is C=CC(=O)c1ccc2c(-c3c(OC)ccc4ccccc34)c(OC)ccc2c1. The first-order valence-corrected chi connectivity index (χ1v) is 9.01. The molecule has 28 heavy (non-hydrogen) atoms. The summed E-state index contributed by atoms with van der Waals surface area (Å²) in [5.41, 5.74) is 2.54. The number of fused-ring (bicyclic) bond motifs is 2. The summed E-state index contributed by atoms with van der Waals surface area (Å²) in [6, 6.07) is 21.8. The number of hydrogen-bond donors (Lipinski definition) is 0. The topological polar surface area (TPSA) is 35.5 Å². The number of carbonyl (C=O) groups is 1. The van der Waals surface area contributed by atoms with E-state index in [2.05, 4.69) is 24.8 Å². The highest BCUT2D eigenvalue weighted by atomic mass is 16.5. The monoisotopic (exact) mass is 368 g/mol. The molecule has 0 N–H and O–H groups in total. The number of ketones is 1. The summed E-state index contributed by atoms with van der Waals surface area (Å²) < 4.78 is 11.4. The highest BCUT2D eigenvalue weighted by Crippen LogP contribution is 2.45. The number of ether oxygens (including phenoxy) is 2. The number of benzene rings is 4.